The maximum atomic E-state index is 14.2. The van der Waals surface area contributed by atoms with E-state index in [9.17, 15) is 4.39 Å². The van der Waals surface area contributed by atoms with Crippen LogP contribution in [0.2, 0.25) is 0 Å². The Morgan fingerprint density at radius 3 is 2.90 bits per heavy atom. The summed E-state index contributed by atoms with van der Waals surface area (Å²) in [6.45, 7) is 7.21. The van der Waals surface area contributed by atoms with Crippen LogP contribution in [-0.2, 0) is 6.54 Å². The van der Waals surface area contributed by atoms with E-state index in [0.717, 1.165) is 6.54 Å². The predicted molar refractivity (Wildman–Crippen MR) is 74.3 cm³/mol. The van der Waals surface area contributed by atoms with E-state index in [4.69, 9.17) is 4.74 Å². The maximum Gasteiger partial charge on any atom is 0.256 e. The van der Waals surface area contributed by atoms with Gasteiger partial charge in [0.15, 0.2) is 11.6 Å². The Morgan fingerprint density at radius 2 is 2.25 bits per heavy atom. The van der Waals surface area contributed by atoms with Gasteiger partial charge in [-0.15, -0.1) is 0 Å². The van der Waals surface area contributed by atoms with E-state index in [2.05, 4.69) is 15.4 Å². The third kappa shape index (κ3) is 3.33. The van der Waals surface area contributed by atoms with Gasteiger partial charge in [0.2, 0.25) is 0 Å². The van der Waals surface area contributed by atoms with Crippen molar-refractivity contribution in [1.29, 1.82) is 0 Å². The smallest absolute Gasteiger partial charge is 0.256 e. The molecular formula is C14H19FN4O. The standard InChI is InChI=1S/C14H19FN4O/c1-4-16-7-11-5-6-17-14(13(11)15)20-12-8-18-19(9-12)10(2)3/h5-6,8-10,16H,4,7H2,1-3H3. The minimum atomic E-state index is -0.439. The zero-order valence-electron chi connectivity index (χ0n) is 11.9. The van der Waals surface area contributed by atoms with Gasteiger partial charge in [0.1, 0.15) is 0 Å². The van der Waals surface area contributed by atoms with Crippen LogP contribution >= 0.6 is 0 Å². The highest BCUT2D eigenvalue weighted by Gasteiger charge is 2.12. The van der Waals surface area contributed by atoms with Crippen molar-refractivity contribution in [3.63, 3.8) is 0 Å². The van der Waals surface area contributed by atoms with Crippen molar-refractivity contribution in [3.8, 4) is 11.6 Å². The van der Waals surface area contributed by atoms with E-state index in [1.807, 2.05) is 20.8 Å². The van der Waals surface area contributed by atoms with E-state index in [-0.39, 0.29) is 11.9 Å². The second-order valence-corrected chi connectivity index (χ2v) is 4.72. The number of aromatic nitrogens is 3. The average Bonchev–Trinajstić information content (AvgIpc) is 2.88. The van der Waals surface area contributed by atoms with Gasteiger partial charge in [-0.2, -0.15) is 5.10 Å². The van der Waals surface area contributed by atoms with E-state index in [1.165, 1.54) is 6.20 Å². The largest absolute Gasteiger partial charge is 0.433 e. The highest BCUT2D eigenvalue weighted by Crippen LogP contribution is 2.24. The van der Waals surface area contributed by atoms with Crippen LogP contribution in [0.3, 0.4) is 0 Å². The molecule has 6 heteroatoms. The predicted octanol–water partition coefficient (Wildman–Crippen LogP) is 2.90. The van der Waals surface area contributed by atoms with Crippen molar-refractivity contribution in [3.05, 3.63) is 36.0 Å². The lowest BCUT2D eigenvalue weighted by molar-refractivity contribution is 0.416. The Kier molecular flexibility index (Phi) is 4.68. The summed E-state index contributed by atoms with van der Waals surface area (Å²) in [7, 11) is 0. The molecule has 0 fully saturated rings. The fourth-order valence-corrected chi connectivity index (χ4v) is 1.70. The van der Waals surface area contributed by atoms with Crippen LogP contribution < -0.4 is 10.1 Å². The number of halogens is 1. The molecule has 0 atom stereocenters. The number of hydrogen-bond acceptors (Lipinski definition) is 4. The number of nitrogens with zero attached hydrogens (tertiary/aromatic N) is 3. The molecule has 0 aliphatic heterocycles. The molecule has 2 aromatic rings. The molecule has 1 N–H and O–H groups in total. The second-order valence-electron chi connectivity index (χ2n) is 4.72. The molecule has 0 aliphatic carbocycles. The quantitative estimate of drug-likeness (QED) is 0.882. The number of nitrogens with one attached hydrogen (secondary N) is 1. The summed E-state index contributed by atoms with van der Waals surface area (Å²) < 4.78 is 21.4. The van der Waals surface area contributed by atoms with E-state index < -0.39 is 5.82 Å². The Morgan fingerprint density at radius 1 is 1.45 bits per heavy atom. The first-order chi connectivity index (χ1) is 9.61. The van der Waals surface area contributed by atoms with Gasteiger partial charge in [0.05, 0.1) is 12.4 Å². The van der Waals surface area contributed by atoms with Crippen LogP contribution in [0.4, 0.5) is 4.39 Å². The third-order valence-electron chi connectivity index (χ3n) is 2.82. The van der Waals surface area contributed by atoms with Gasteiger partial charge in [0.25, 0.3) is 5.88 Å². The number of hydrogen-bond donors (Lipinski definition) is 1. The van der Waals surface area contributed by atoms with Crippen molar-refractivity contribution >= 4 is 0 Å². The first kappa shape index (κ1) is 14.5. The monoisotopic (exact) mass is 278 g/mol. The van der Waals surface area contributed by atoms with E-state index in [1.54, 1.807) is 23.1 Å². The molecule has 5 nitrogen and oxygen atoms in total. The lowest BCUT2D eigenvalue weighted by Crippen LogP contribution is -2.13. The Balaban J connectivity index is 2.15. The normalized spacial score (nSPS) is 11.1. The summed E-state index contributed by atoms with van der Waals surface area (Å²) >= 11 is 0. The Hall–Kier alpha value is -1.95. The lowest BCUT2D eigenvalue weighted by atomic mass is 10.2. The number of pyridine rings is 1. The summed E-state index contributed by atoms with van der Waals surface area (Å²) in [5.41, 5.74) is 0.535. The van der Waals surface area contributed by atoms with Crippen molar-refractivity contribution in [2.45, 2.75) is 33.4 Å². The zero-order chi connectivity index (χ0) is 14.5. The van der Waals surface area contributed by atoms with Gasteiger partial charge in [0, 0.05) is 24.3 Å². The lowest BCUT2D eigenvalue weighted by Gasteiger charge is -2.08. The molecule has 0 aromatic carbocycles. The highest BCUT2D eigenvalue weighted by molar-refractivity contribution is 5.28. The molecule has 0 aliphatic rings. The van der Waals surface area contributed by atoms with Crippen LogP contribution in [0.25, 0.3) is 0 Å². The minimum absolute atomic E-state index is 0.0243. The van der Waals surface area contributed by atoms with Crippen molar-refractivity contribution in [2.24, 2.45) is 0 Å². The first-order valence-electron chi connectivity index (χ1n) is 6.68. The average molecular weight is 278 g/mol. The van der Waals surface area contributed by atoms with Crippen LogP contribution in [0, 0.1) is 5.82 Å². The van der Waals surface area contributed by atoms with Crippen LogP contribution in [-0.4, -0.2) is 21.3 Å². The van der Waals surface area contributed by atoms with Crippen molar-refractivity contribution < 1.29 is 9.13 Å². The molecule has 108 valence electrons. The summed E-state index contributed by atoms with van der Waals surface area (Å²) in [5.74, 6) is 0.0140. The molecule has 0 amide bonds. The van der Waals surface area contributed by atoms with Crippen LogP contribution in [0.15, 0.2) is 24.7 Å². The van der Waals surface area contributed by atoms with Gasteiger partial charge in [-0.25, -0.2) is 9.37 Å². The highest BCUT2D eigenvalue weighted by atomic mass is 19.1. The molecule has 0 bridgehead atoms. The minimum Gasteiger partial charge on any atom is -0.433 e. The van der Waals surface area contributed by atoms with Gasteiger partial charge >= 0.3 is 0 Å². The summed E-state index contributed by atoms with van der Waals surface area (Å²) in [5, 5.41) is 7.22. The van der Waals surface area contributed by atoms with E-state index >= 15 is 0 Å². The fraction of sp³-hybridized carbons (Fsp3) is 0.429. The molecule has 20 heavy (non-hydrogen) atoms. The van der Waals surface area contributed by atoms with Crippen LogP contribution in [0.1, 0.15) is 32.4 Å². The molecule has 0 saturated heterocycles. The Bertz CT molecular complexity index is 568. The fourth-order valence-electron chi connectivity index (χ4n) is 1.70. The molecule has 2 rings (SSSR count). The Labute approximate surface area is 117 Å². The van der Waals surface area contributed by atoms with Crippen molar-refractivity contribution in [2.75, 3.05) is 6.54 Å². The molecule has 0 unspecified atom stereocenters. The van der Waals surface area contributed by atoms with E-state index in [0.29, 0.717) is 17.9 Å². The summed E-state index contributed by atoms with van der Waals surface area (Å²) in [6, 6.07) is 1.87. The SMILES string of the molecule is CCNCc1ccnc(Oc2cnn(C(C)C)c2)c1F. The third-order valence-corrected chi connectivity index (χ3v) is 2.82. The second kappa shape index (κ2) is 6.47. The van der Waals surface area contributed by atoms with Gasteiger partial charge in [-0.05, 0) is 26.5 Å². The molecular weight excluding hydrogens is 259 g/mol. The van der Waals surface area contributed by atoms with Gasteiger partial charge < -0.3 is 10.1 Å². The number of ether oxygens (including phenoxy) is 1. The van der Waals surface area contributed by atoms with Gasteiger partial charge in [-0.1, -0.05) is 6.92 Å². The molecule has 0 saturated carbocycles. The number of rotatable bonds is 6. The maximum absolute atomic E-state index is 14.2. The first-order valence-corrected chi connectivity index (χ1v) is 6.68. The molecule has 2 aromatic heterocycles. The molecule has 0 spiro atoms. The summed E-state index contributed by atoms with van der Waals surface area (Å²) in [6.07, 6.45) is 4.82. The topological polar surface area (TPSA) is 52.0 Å². The van der Waals surface area contributed by atoms with Crippen LogP contribution in [0.5, 0.6) is 11.6 Å². The molecule has 0 radical (unpaired) electrons. The van der Waals surface area contributed by atoms with Crippen molar-refractivity contribution in [1.82, 2.24) is 20.1 Å². The summed E-state index contributed by atoms with van der Waals surface area (Å²) in [4.78, 5) is 3.93. The zero-order valence-corrected chi connectivity index (χ0v) is 11.9. The molecule has 2 heterocycles. The van der Waals surface area contributed by atoms with Gasteiger partial charge in [-0.3, -0.25) is 4.68 Å².